The molecule has 3 N–H and O–H groups in total. The van der Waals surface area contributed by atoms with E-state index in [0.29, 0.717) is 18.8 Å². The van der Waals surface area contributed by atoms with Crippen LogP contribution in [-0.4, -0.2) is 48.4 Å². The van der Waals surface area contributed by atoms with Gasteiger partial charge in [-0.3, -0.25) is 9.59 Å². The molecule has 2 saturated carbocycles. The van der Waals surface area contributed by atoms with Gasteiger partial charge in [0.05, 0.1) is 19.1 Å². The van der Waals surface area contributed by atoms with Crippen molar-refractivity contribution in [1.29, 1.82) is 0 Å². The monoisotopic (exact) mass is 414 g/mol. The summed E-state index contributed by atoms with van der Waals surface area (Å²) in [6.45, 7) is 0.595. The first-order valence-corrected chi connectivity index (χ1v) is 11.2. The van der Waals surface area contributed by atoms with E-state index in [2.05, 4.69) is 10.6 Å². The molecule has 0 unspecified atom stereocenters. The highest BCUT2D eigenvalue weighted by molar-refractivity contribution is 5.93. The van der Waals surface area contributed by atoms with E-state index in [0.717, 1.165) is 42.8 Å². The minimum atomic E-state index is -0.467. The number of aliphatic hydroxyl groups is 1. The van der Waals surface area contributed by atoms with E-state index in [1.807, 2.05) is 18.2 Å². The molecule has 162 valence electrons. The average molecular weight is 415 g/mol. The summed E-state index contributed by atoms with van der Waals surface area (Å²) in [5.74, 6) is 1.66. The molecule has 4 atom stereocenters. The Morgan fingerprint density at radius 1 is 1.17 bits per heavy atom. The summed E-state index contributed by atoms with van der Waals surface area (Å²) < 4.78 is 12.1. The van der Waals surface area contributed by atoms with Gasteiger partial charge < -0.3 is 25.2 Å². The molecular formula is C23H30N2O5. The van der Waals surface area contributed by atoms with Gasteiger partial charge in [-0.15, -0.1) is 0 Å². The maximum absolute atomic E-state index is 12.3. The fourth-order valence-electron chi connectivity index (χ4n) is 4.74. The van der Waals surface area contributed by atoms with Crippen LogP contribution in [0.3, 0.4) is 0 Å². The van der Waals surface area contributed by atoms with Gasteiger partial charge in [0.15, 0.2) is 0 Å². The molecule has 7 heteroatoms. The first-order chi connectivity index (χ1) is 14.6. The lowest BCUT2D eigenvalue weighted by atomic mass is 9.83. The number of aliphatic hydroxyl groups excluding tert-OH is 1. The van der Waals surface area contributed by atoms with Crippen molar-refractivity contribution in [3.05, 3.63) is 23.8 Å². The van der Waals surface area contributed by atoms with E-state index < -0.39 is 6.10 Å². The molecule has 7 nitrogen and oxygen atoms in total. The highest BCUT2D eigenvalue weighted by Gasteiger charge is 2.46. The first kappa shape index (κ1) is 19.8. The molecule has 0 radical (unpaired) electrons. The molecule has 5 rings (SSSR count). The van der Waals surface area contributed by atoms with Gasteiger partial charge in [-0.1, -0.05) is 6.42 Å². The van der Waals surface area contributed by atoms with Crippen LogP contribution in [0.15, 0.2) is 18.2 Å². The number of amides is 2. The Balaban J connectivity index is 1.27. The van der Waals surface area contributed by atoms with Gasteiger partial charge in [-0.25, -0.2) is 0 Å². The number of hydrogen-bond donors (Lipinski definition) is 3. The number of rotatable bonds is 7. The van der Waals surface area contributed by atoms with Gasteiger partial charge in [0.2, 0.25) is 11.8 Å². The number of fused-ring (bicyclic) bond motifs is 3. The highest BCUT2D eigenvalue weighted by Crippen LogP contribution is 2.47. The van der Waals surface area contributed by atoms with Gasteiger partial charge in [0.25, 0.3) is 0 Å². The molecule has 1 aromatic rings. The lowest BCUT2D eigenvalue weighted by Gasteiger charge is -2.37. The molecule has 1 aromatic carbocycles. The second-order valence-corrected chi connectivity index (χ2v) is 9.23. The molecule has 3 fully saturated rings. The second-order valence-electron chi connectivity index (χ2n) is 9.23. The van der Waals surface area contributed by atoms with Crippen molar-refractivity contribution in [3.63, 3.8) is 0 Å². The van der Waals surface area contributed by atoms with Crippen LogP contribution in [-0.2, 0) is 14.3 Å². The fraction of sp³-hybridized carbons (Fsp3) is 0.652. The number of benzene rings is 1. The standard InChI is InChI=1S/C23H30N2O5/c26-12-20-22-18(9-16(29-20)10-21(27)24-11-13-4-5-13)17-8-15(6-7-19(17)30-22)25-23(28)14-2-1-3-14/h6-8,13-14,16,18,20,22,26H,1-5,9-12H2,(H,24,27)(H,25,28)/t16-,18-,20-,22+/m1/s1. The van der Waals surface area contributed by atoms with E-state index in [-0.39, 0.29) is 42.5 Å². The van der Waals surface area contributed by atoms with E-state index in [1.165, 1.54) is 12.8 Å². The summed E-state index contributed by atoms with van der Waals surface area (Å²) in [5, 5.41) is 15.9. The second kappa shape index (κ2) is 8.19. The Hall–Kier alpha value is -2.12. The van der Waals surface area contributed by atoms with Gasteiger partial charge in [-0.05, 0) is 56.2 Å². The Morgan fingerprint density at radius 3 is 2.70 bits per heavy atom. The minimum Gasteiger partial charge on any atom is -0.487 e. The van der Waals surface area contributed by atoms with Crippen LogP contribution >= 0.6 is 0 Å². The van der Waals surface area contributed by atoms with E-state index in [1.54, 1.807) is 0 Å². The van der Waals surface area contributed by atoms with Crippen LogP contribution in [0.5, 0.6) is 5.75 Å². The van der Waals surface area contributed by atoms with Crippen LogP contribution < -0.4 is 15.4 Å². The quantitative estimate of drug-likeness (QED) is 0.636. The number of nitrogens with one attached hydrogen (secondary N) is 2. The highest BCUT2D eigenvalue weighted by atomic mass is 16.6. The third kappa shape index (κ3) is 4.05. The number of anilines is 1. The van der Waals surface area contributed by atoms with Crippen molar-refractivity contribution < 1.29 is 24.2 Å². The number of ether oxygens (including phenoxy) is 2. The van der Waals surface area contributed by atoms with Gasteiger partial charge in [0, 0.05) is 29.6 Å². The van der Waals surface area contributed by atoms with Crippen molar-refractivity contribution >= 4 is 17.5 Å². The van der Waals surface area contributed by atoms with Crippen LogP contribution in [0.25, 0.3) is 0 Å². The Labute approximate surface area is 176 Å². The minimum absolute atomic E-state index is 0.00249. The maximum atomic E-state index is 12.3. The zero-order valence-corrected chi connectivity index (χ0v) is 17.1. The molecule has 4 aliphatic rings. The Morgan fingerprint density at radius 2 is 2.00 bits per heavy atom. The molecule has 2 aliphatic carbocycles. The van der Waals surface area contributed by atoms with Crippen molar-refractivity contribution in [2.24, 2.45) is 11.8 Å². The molecular weight excluding hydrogens is 384 g/mol. The molecule has 30 heavy (non-hydrogen) atoms. The predicted molar refractivity (Wildman–Crippen MR) is 110 cm³/mol. The van der Waals surface area contributed by atoms with Gasteiger partial charge in [-0.2, -0.15) is 0 Å². The van der Waals surface area contributed by atoms with Crippen molar-refractivity contribution in [3.8, 4) is 5.75 Å². The summed E-state index contributed by atoms with van der Waals surface area (Å²) in [5.41, 5.74) is 1.80. The maximum Gasteiger partial charge on any atom is 0.227 e. The van der Waals surface area contributed by atoms with Crippen molar-refractivity contribution in [1.82, 2.24) is 5.32 Å². The van der Waals surface area contributed by atoms with Crippen LogP contribution in [0.1, 0.15) is 56.4 Å². The number of hydrogen-bond acceptors (Lipinski definition) is 5. The van der Waals surface area contributed by atoms with Crippen LogP contribution in [0.4, 0.5) is 5.69 Å². The van der Waals surface area contributed by atoms with E-state index in [9.17, 15) is 14.7 Å². The van der Waals surface area contributed by atoms with Gasteiger partial charge >= 0.3 is 0 Å². The number of carbonyl (C=O) groups is 2. The van der Waals surface area contributed by atoms with Crippen LogP contribution in [0, 0.1) is 11.8 Å². The largest absolute Gasteiger partial charge is 0.487 e. The molecule has 0 spiro atoms. The summed E-state index contributed by atoms with van der Waals surface area (Å²) >= 11 is 0. The zero-order valence-electron chi connectivity index (χ0n) is 17.1. The molecule has 2 heterocycles. The lowest BCUT2D eigenvalue weighted by Crippen LogP contribution is -2.47. The van der Waals surface area contributed by atoms with E-state index >= 15 is 0 Å². The number of carbonyl (C=O) groups excluding carboxylic acids is 2. The average Bonchev–Trinajstić information content (AvgIpc) is 3.45. The Kier molecular flexibility index (Phi) is 5.41. The lowest BCUT2D eigenvalue weighted by molar-refractivity contribution is -0.142. The zero-order chi connectivity index (χ0) is 20.7. The molecule has 2 amide bonds. The molecule has 1 saturated heterocycles. The Bertz CT molecular complexity index is 820. The summed E-state index contributed by atoms with van der Waals surface area (Å²) in [4.78, 5) is 24.6. The van der Waals surface area contributed by atoms with Crippen molar-refractivity contribution in [2.75, 3.05) is 18.5 Å². The summed E-state index contributed by atoms with van der Waals surface area (Å²) in [6.07, 6.45) is 5.40. The summed E-state index contributed by atoms with van der Waals surface area (Å²) in [7, 11) is 0. The SMILES string of the molecule is O=C(C[C@H]1C[C@@H]2c3cc(NC(=O)C4CCC4)ccc3O[C@@H]2[C@@H](CO)O1)NCC1CC1. The molecule has 0 bridgehead atoms. The summed E-state index contributed by atoms with van der Waals surface area (Å²) in [6, 6.07) is 5.74. The van der Waals surface area contributed by atoms with Crippen molar-refractivity contribution in [2.45, 2.75) is 69.2 Å². The normalized spacial score (nSPS) is 29.9. The topological polar surface area (TPSA) is 96.9 Å². The molecule has 0 aromatic heterocycles. The van der Waals surface area contributed by atoms with Gasteiger partial charge in [0.1, 0.15) is 18.0 Å². The smallest absolute Gasteiger partial charge is 0.227 e. The third-order valence-corrected chi connectivity index (χ3v) is 6.94. The first-order valence-electron chi connectivity index (χ1n) is 11.2. The fourth-order valence-corrected chi connectivity index (χ4v) is 4.74. The van der Waals surface area contributed by atoms with E-state index in [4.69, 9.17) is 9.47 Å². The predicted octanol–water partition coefficient (Wildman–Crippen LogP) is 2.34. The molecule has 2 aliphatic heterocycles. The van der Waals surface area contributed by atoms with Crippen LogP contribution in [0.2, 0.25) is 0 Å². The third-order valence-electron chi connectivity index (χ3n) is 6.94.